The van der Waals surface area contributed by atoms with Crippen LogP contribution in [-0.4, -0.2) is 61.1 Å². The molecule has 0 saturated carbocycles. The molecule has 2 bridgehead atoms. The van der Waals surface area contributed by atoms with Gasteiger partial charge in [0.15, 0.2) is 0 Å². The van der Waals surface area contributed by atoms with Crippen molar-refractivity contribution in [2.45, 2.75) is 31.5 Å². The molecule has 0 aromatic heterocycles. The van der Waals surface area contributed by atoms with Gasteiger partial charge in [-0.25, -0.2) is 9.18 Å². The highest BCUT2D eigenvalue weighted by atomic mass is 35.5. The van der Waals surface area contributed by atoms with E-state index >= 15 is 0 Å². The third kappa shape index (κ3) is 5.34. The molecular weight excluding hydrogens is 459 g/mol. The molecule has 180 valence electrons. The van der Waals surface area contributed by atoms with Crippen molar-refractivity contribution in [1.29, 1.82) is 0 Å². The van der Waals surface area contributed by atoms with E-state index in [4.69, 9.17) is 16.3 Å². The molecule has 2 saturated heterocycles. The maximum Gasteiger partial charge on any atom is 0.318 e. The third-order valence-electron chi connectivity index (χ3n) is 6.34. The highest BCUT2D eigenvalue weighted by Crippen LogP contribution is 2.33. The summed E-state index contributed by atoms with van der Waals surface area (Å²) >= 11 is 6.22. The number of halogens is 2. The Balaban J connectivity index is 1.46. The number of piperazine rings is 1. The summed E-state index contributed by atoms with van der Waals surface area (Å²) in [6.07, 6.45) is 5.14. The van der Waals surface area contributed by atoms with Crippen LogP contribution in [0.25, 0.3) is 6.08 Å². The molecule has 0 radical (unpaired) electrons. The highest BCUT2D eigenvalue weighted by Gasteiger charge is 2.41. The van der Waals surface area contributed by atoms with Gasteiger partial charge in [-0.05, 0) is 48.7 Å². The Labute approximate surface area is 203 Å². The number of ether oxygens (including phenoxy) is 1. The number of hydrogen-bond acceptors (Lipinski definition) is 4. The first-order valence-electron chi connectivity index (χ1n) is 11.2. The Morgan fingerprint density at radius 2 is 1.85 bits per heavy atom. The number of urea groups is 1. The van der Waals surface area contributed by atoms with E-state index < -0.39 is 6.03 Å². The lowest BCUT2D eigenvalue weighted by Crippen LogP contribution is -2.55. The Hall–Kier alpha value is -3.10. The second-order valence-electron chi connectivity index (χ2n) is 8.56. The molecule has 0 spiro atoms. The number of carbonyl (C=O) groups is 2. The molecule has 4 rings (SSSR count). The summed E-state index contributed by atoms with van der Waals surface area (Å²) in [6.45, 7) is 2.31. The predicted molar refractivity (Wildman–Crippen MR) is 130 cm³/mol. The molecule has 2 fully saturated rings. The summed E-state index contributed by atoms with van der Waals surface area (Å²) in [6, 6.07) is 9.74. The Bertz CT molecular complexity index is 1080. The molecule has 2 unspecified atom stereocenters. The third-order valence-corrected chi connectivity index (χ3v) is 6.63. The van der Waals surface area contributed by atoms with Gasteiger partial charge in [0.05, 0.1) is 17.8 Å². The number of fused-ring (bicyclic) bond motifs is 2. The van der Waals surface area contributed by atoms with Crippen molar-refractivity contribution >= 4 is 35.3 Å². The van der Waals surface area contributed by atoms with E-state index in [1.165, 1.54) is 26.3 Å². The number of carbonyl (C=O) groups excluding carboxylic acids is 2. The topological polar surface area (TPSA) is 73.9 Å². The molecule has 2 aliphatic rings. The van der Waals surface area contributed by atoms with E-state index in [0.29, 0.717) is 22.0 Å². The lowest BCUT2D eigenvalue weighted by molar-refractivity contribution is -0.131. The number of hydrogen-bond donors (Lipinski definition) is 2. The number of benzene rings is 2. The summed E-state index contributed by atoms with van der Waals surface area (Å²) in [4.78, 5) is 29.3. The van der Waals surface area contributed by atoms with Crippen molar-refractivity contribution in [3.8, 4) is 5.75 Å². The van der Waals surface area contributed by atoms with Crippen molar-refractivity contribution in [2.24, 2.45) is 0 Å². The van der Waals surface area contributed by atoms with Crippen molar-refractivity contribution in [3.63, 3.8) is 0 Å². The van der Waals surface area contributed by atoms with Crippen molar-refractivity contribution in [2.75, 3.05) is 32.6 Å². The normalized spacial score (nSPS) is 19.9. The van der Waals surface area contributed by atoms with Crippen molar-refractivity contribution < 1.29 is 18.7 Å². The van der Waals surface area contributed by atoms with Crippen molar-refractivity contribution in [1.82, 2.24) is 15.1 Å². The predicted octanol–water partition coefficient (Wildman–Crippen LogP) is 4.13. The molecule has 2 aromatic carbocycles. The average molecular weight is 487 g/mol. The summed E-state index contributed by atoms with van der Waals surface area (Å²) in [5, 5.41) is 5.58. The summed E-state index contributed by atoms with van der Waals surface area (Å²) < 4.78 is 18.5. The zero-order chi connectivity index (χ0) is 24.2. The molecule has 2 atom stereocenters. The maximum atomic E-state index is 13.2. The number of nitrogens with zero attached hydrogens (tertiary/aromatic N) is 2. The quantitative estimate of drug-likeness (QED) is 0.602. The lowest BCUT2D eigenvalue weighted by atomic mass is 10.1. The van der Waals surface area contributed by atoms with Crippen LogP contribution in [0.15, 0.2) is 42.5 Å². The minimum Gasteiger partial charge on any atom is -0.495 e. The van der Waals surface area contributed by atoms with Gasteiger partial charge < -0.3 is 20.3 Å². The first-order valence-corrected chi connectivity index (χ1v) is 11.6. The number of amides is 3. The van der Waals surface area contributed by atoms with E-state index in [1.807, 2.05) is 17.0 Å². The van der Waals surface area contributed by atoms with Crippen LogP contribution >= 0.6 is 11.6 Å². The lowest BCUT2D eigenvalue weighted by Gasteiger charge is -2.40. The van der Waals surface area contributed by atoms with E-state index in [0.717, 1.165) is 38.0 Å². The number of nitrogens with one attached hydrogen (secondary N) is 2. The molecule has 9 heteroatoms. The van der Waals surface area contributed by atoms with Gasteiger partial charge in [-0.15, -0.1) is 0 Å². The Kier molecular flexibility index (Phi) is 7.38. The maximum absolute atomic E-state index is 13.2. The van der Waals surface area contributed by atoms with Gasteiger partial charge in [0.1, 0.15) is 11.6 Å². The van der Waals surface area contributed by atoms with E-state index in [-0.39, 0.29) is 23.8 Å². The van der Waals surface area contributed by atoms with Crippen LogP contribution in [0.3, 0.4) is 0 Å². The molecule has 2 heterocycles. The first-order chi connectivity index (χ1) is 16.4. The number of rotatable bonds is 6. The van der Waals surface area contributed by atoms with E-state index in [2.05, 4.69) is 15.5 Å². The zero-order valence-corrected chi connectivity index (χ0v) is 19.9. The van der Waals surface area contributed by atoms with Crippen LogP contribution in [0.5, 0.6) is 5.75 Å². The molecule has 34 heavy (non-hydrogen) atoms. The Morgan fingerprint density at radius 1 is 1.18 bits per heavy atom. The van der Waals surface area contributed by atoms with Gasteiger partial charge in [0.25, 0.3) is 0 Å². The average Bonchev–Trinajstić information content (AvgIpc) is 3.10. The number of likely N-dealkylation sites (tertiary alicyclic amines) is 1. The smallest absolute Gasteiger partial charge is 0.318 e. The Morgan fingerprint density at radius 3 is 2.47 bits per heavy atom. The summed E-state index contributed by atoms with van der Waals surface area (Å²) in [7, 11) is 3.03. The van der Waals surface area contributed by atoms with Gasteiger partial charge in [-0.2, -0.15) is 0 Å². The second kappa shape index (κ2) is 10.4. The highest BCUT2D eigenvalue weighted by molar-refractivity contribution is 6.32. The van der Waals surface area contributed by atoms with Crippen LogP contribution in [0, 0.1) is 5.82 Å². The van der Waals surface area contributed by atoms with Crippen LogP contribution in [0.1, 0.15) is 24.0 Å². The van der Waals surface area contributed by atoms with Crippen molar-refractivity contribution in [3.05, 3.63) is 64.4 Å². The van der Waals surface area contributed by atoms with Gasteiger partial charge in [0.2, 0.25) is 5.91 Å². The molecule has 7 nitrogen and oxygen atoms in total. The first kappa shape index (κ1) is 24.0. The molecular formula is C25H28ClFN4O3. The van der Waals surface area contributed by atoms with Crippen LogP contribution in [0.2, 0.25) is 5.02 Å². The van der Waals surface area contributed by atoms with Crippen LogP contribution in [-0.2, 0) is 11.3 Å². The van der Waals surface area contributed by atoms with Gasteiger partial charge in [0, 0.05) is 50.4 Å². The fourth-order valence-corrected chi connectivity index (χ4v) is 4.97. The molecule has 2 aliphatic heterocycles. The van der Waals surface area contributed by atoms with E-state index in [9.17, 15) is 14.0 Å². The SMILES string of the molecule is CNC(=O)Nc1cc(Cl)c(OC)cc1C=CC(=O)N1C2CCC1CN(Cc1ccc(F)cc1)C2. The standard InChI is InChI=1S/C25H28ClFN4O3/c1-28-25(33)29-22-12-21(26)23(34-2)11-17(22)5-10-24(32)31-19-8-9-20(31)15-30(14-19)13-16-3-6-18(27)7-4-16/h3-7,10-12,19-20H,8-9,13-15H2,1-2H3,(H2,28,29,33). The fourth-order valence-electron chi connectivity index (χ4n) is 4.73. The van der Waals surface area contributed by atoms with Crippen LogP contribution in [0.4, 0.5) is 14.9 Å². The molecule has 0 aliphatic carbocycles. The molecule has 3 amide bonds. The van der Waals surface area contributed by atoms with Gasteiger partial charge in [-0.3, -0.25) is 9.69 Å². The zero-order valence-electron chi connectivity index (χ0n) is 19.2. The van der Waals surface area contributed by atoms with Gasteiger partial charge in [-0.1, -0.05) is 23.7 Å². The van der Waals surface area contributed by atoms with Crippen LogP contribution < -0.4 is 15.4 Å². The van der Waals surface area contributed by atoms with E-state index in [1.54, 1.807) is 24.3 Å². The monoisotopic (exact) mass is 486 g/mol. The van der Waals surface area contributed by atoms with Gasteiger partial charge >= 0.3 is 6.03 Å². The largest absolute Gasteiger partial charge is 0.495 e. The minimum absolute atomic E-state index is 0.0613. The second-order valence-corrected chi connectivity index (χ2v) is 8.97. The summed E-state index contributed by atoms with van der Waals surface area (Å²) in [5.74, 6) is 0.150. The number of anilines is 1. The molecule has 2 aromatic rings. The fraction of sp³-hybridized carbons (Fsp3) is 0.360. The minimum atomic E-state index is -0.391. The number of methoxy groups -OCH3 is 1. The molecule has 2 N–H and O–H groups in total. The summed E-state index contributed by atoms with van der Waals surface area (Å²) in [5.41, 5.74) is 2.15.